The van der Waals surface area contributed by atoms with Crippen molar-refractivity contribution in [2.24, 2.45) is 5.92 Å². The molecule has 2 amide bonds. The fourth-order valence-electron chi connectivity index (χ4n) is 3.72. The lowest BCUT2D eigenvalue weighted by Gasteiger charge is -2.22. The fraction of sp³-hybridized carbons (Fsp3) is 0.200. The van der Waals surface area contributed by atoms with Gasteiger partial charge in [0.15, 0.2) is 0 Å². The molecule has 0 bridgehead atoms. The van der Waals surface area contributed by atoms with Gasteiger partial charge in [0.05, 0.1) is 16.0 Å². The minimum absolute atomic E-state index is 0.248. The first-order valence-corrected chi connectivity index (χ1v) is 11.9. The minimum atomic E-state index is -0.899. The first-order valence-electron chi connectivity index (χ1n) is 10.7. The average molecular weight is 495 g/mol. The summed E-state index contributed by atoms with van der Waals surface area (Å²) in [4.78, 5) is 45.1. The number of nitrogens with one attached hydrogen (secondary N) is 2. The van der Waals surface area contributed by atoms with E-state index in [4.69, 9.17) is 11.6 Å². The van der Waals surface area contributed by atoms with Crippen molar-refractivity contribution in [2.45, 2.75) is 26.8 Å². The molecule has 2 heterocycles. The number of nitrogens with zero attached hydrogens (tertiary/aromatic N) is 2. The summed E-state index contributed by atoms with van der Waals surface area (Å²) in [7, 11) is 0. The highest BCUT2D eigenvalue weighted by molar-refractivity contribution is 7.19. The maximum absolute atomic E-state index is 13.4. The van der Waals surface area contributed by atoms with E-state index in [0.29, 0.717) is 10.2 Å². The number of hydrogen-bond donors (Lipinski definition) is 2. The molecule has 2 aromatic heterocycles. The van der Waals surface area contributed by atoms with E-state index >= 15 is 0 Å². The topological polar surface area (TPSA) is 93.1 Å². The number of thiophene rings is 1. The Hall–Kier alpha value is -3.49. The predicted molar refractivity (Wildman–Crippen MR) is 136 cm³/mol. The summed E-state index contributed by atoms with van der Waals surface area (Å²) >= 11 is 7.55. The Kier molecular flexibility index (Phi) is 6.81. The summed E-state index contributed by atoms with van der Waals surface area (Å²) in [5.74, 6) is -1.26. The lowest BCUT2D eigenvalue weighted by molar-refractivity contribution is -0.119. The van der Waals surface area contributed by atoms with Crippen molar-refractivity contribution < 1.29 is 9.59 Å². The molecule has 2 N–H and O–H groups in total. The minimum Gasteiger partial charge on any atom is -0.340 e. The monoisotopic (exact) mass is 494 g/mol. The summed E-state index contributed by atoms with van der Waals surface area (Å²) < 4.78 is 1.07. The van der Waals surface area contributed by atoms with Gasteiger partial charge in [0.2, 0.25) is 0 Å². The lowest BCUT2D eigenvalue weighted by Crippen LogP contribution is -2.50. The number of hydrogen-bond acceptors (Lipinski definition) is 5. The molecule has 0 fully saturated rings. The second-order valence-corrected chi connectivity index (χ2v) is 9.76. The van der Waals surface area contributed by atoms with Crippen LogP contribution in [0.5, 0.6) is 0 Å². The van der Waals surface area contributed by atoms with Crippen molar-refractivity contribution >= 4 is 45.0 Å². The number of rotatable bonds is 6. The first-order chi connectivity index (χ1) is 16.3. The van der Waals surface area contributed by atoms with Crippen LogP contribution in [0.3, 0.4) is 0 Å². The Labute approximate surface area is 205 Å². The van der Waals surface area contributed by atoms with Gasteiger partial charge in [0, 0.05) is 10.4 Å². The van der Waals surface area contributed by atoms with Crippen LogP contribution in [0.15, 0.2) is 65.7 Å². The summed E-state index contributed by atoms with van der Waals surface area (Å²) in [5.41, 5.74) is 4.19. The molecule has 9 heteroatoms. The van der Waals surface area contributed by atoms with Crippen molar-refractivity contribution in [3.8, 4) is 11.1 Å². The van der Waals surface area contributed by atoms with Gasteiger partial charge in [-0.3, -0.25) is 19.8 Å². The molecule has 0 aliphatic carbocycles. The van der Waals surface area contributed by atoms with E-state index in [1.165, 1.54) is 17.7 Å². The Morgan fingerprint density at radius 2 is 1.74 bits per heavy atom. The highest BCUT2D eigenvalue weighted by Gasteiger charge is 2.26. The molecule has 174 valence electrons. The van der Waals surface area contributed by atoms with E-state index in [2.05, 4.69) is 15.7 Å². The Morgan fingerprint density at radius 1 is 1.06 bits per heavy atom. The number of carbonyl (C=O) groups excluding carboxylic acids is 2. The van der Waals surface area contributed by atoms with Crippen LogP contribution in [0.4, 0.5) is 0 Å². The zero-order chi connectivity index (χ0) is 24.4. The molecule has 34 heavy (non-hydrogen) atoms. The van der Waals surface area contributed by atoms with Gasteiger partial charge in [-0.25, -0.2) is 9.66 Å². The molecule has 2 aromatic carbocycles. The number of halogens is 1. The van der Waals surface area contributed by atoms with Crippen LogP contribution < -0.4 is 16.3 Å². The van der Waals surface area contributed by atoms with Crippen molar-refractivity contribution in [3.63, 3.8) is 0 Å². The third-order valence-corrected chi connectivity index (χ3v) is 6.78. The van der Waals surface area contributed by atoms with Gasteiger partial charge in [-0.1, -0.05) is 67.9 Å². The Bertz CT molecular complexity index is 1430. The molecule has 0 saturated heterocycles. The molecule has 1 unspecified atom stereocenters. The maximum Gasteiger partial charge on any atom is 0.281 e. The van der Waals surface area contributed by atoms with Gasteiger partial charge in [-0.15, -0.1) is 11.3 Å². The number of fused-ring (bicyclic) bond motifs is 1. The summed E-state index contributed by atoms with van der Waals surface area (Å²) in [6.45, 7) is 5.55. The van der Waals surface area contributed by atoms with Crippen LogP contribution in [0, 0.1) is 12.8 Å². The van der Waals surface area contributed by atoms with E-state index in [1.54, 1.807) is 38.1 Å². The quantitative estimate of drug-likeness (QED) is 0.409. The smallest absolute Gasteiger partial charge is 0.281 e. The van der Waals surface area contributed by atoms with Crippen LogP contribution in [-0.4, -0.2) is 27.5 Å². The molecule has 0 aliphatic rings. The molecule has 0 spiro atoms. The van der Waals surface area contributed by atoms with E-state index in [0.717, 1.165) is 20.7 Å². The van der Waals surface area contributed by atoms with Crippen LogP contribution >= 0.6 is 22.9 Å². The molecule has 7 nitrogen and oxygen atoms in total. The number of aryl methyl sites for hydroxylation is 1. The van der Waals surface area contributed by atoms with Crippen LogP contribution in [0.25, 0.3) is 21.3 Å². The molecule has 0 saturated carbocycles. The number of benzene rings is 2. The zero-order valence-corrected chi connectivity index (χ0v) is 20.4. The van der Waals surface area contributed by atoms with Gasteiger partial charge < -0.3 is 5.32 Å². The van der Waals surface area contributed by atoms with Crippen molar-refractivity contribution in [3.05, 3.63) is 86.7 Å². The van der Waals surface area contributed by atoms with Crippen molar-refractivity contribution in [1.82, 2.24) is 15.0 Å². The second-order valence-electron chi connectivity index (χ2n) is 8.15. The van der Waals surface area contributed by atoms with Gasteiger partial charge in [0.1, 0.15) is 17.2 Å². The highest BCUT2D eigenvalue weighted by Crippen LogP contribution is 2.35. The maximum atomic E-state index is 13.4. The molecular weight excluding hydrogens is 472 g/mol. The van der Waals surface area contributed by atoms with Gasteiger partial charge in [-0.2, -0.15) is 0 Å². The zero-order valence-electron chi connectivity index (χ0n) is 18.8. The summed E-state index contributed by atoms with van der Waals surface area (Å²) in [6, 6.07) is 15.3. The van der Waals surface area contributed by atoms with E-state index in [-0.39, 0.29) is 22.1 Å². The summed E-state index contributed by atoms with van der Waals surface area (Å²) in [5, 5.41) is 3.45. The summed E-state index contributed by atoms with van der Waals surface area (Å²) in [6.07, 6.45) is 1.29. The van der Waals surface area contributed by atoms with Gasteiger partial charge >= 0.3 is 0 Å². The van der Waals surface area contributed by atoms with Crippen LogP contribution in [0.2, 0.25) is 5.02 Å². The molecule has 4 aromatic rings. The van der Waals surface area contributed by atoms with E-state index in [1.807, 2.05) is 37.3 Å². The Balaban J connectivity index is 1.65. The largest absolute Gasteiger partial charge is 0.340 e. The highest BCUT2D eigenvalue weighted by atomic mass is 35.5. The van der Waals surface area contributed by atoms with E-state index in [9.17, 15) is 14.4 Å². The lowest BCUT2D eigenvalue weighted by atomic mass is 10.0. The van der Waals surface area contributed by atoms with Crippen molar-refractivity contribution in [2.75, 3.05) is 5.43 Å². The molecule has 1 atom stereocenters. The van der Waals surface area contributed by atoms with Crippen LogP contribution in [0.1, 0.15) is 29.1 Å². The molecule has 0 aliphatic heterocycles. The van der Waals surface area contributed by atoms with Gasteiger partial charge in [0.25, 0.3) is 17.4 Å². The number of aromatic nitrogens is 2. The number of amides is 2. The van der Waals surface area contributed by atoms with Gasteiger partial charge in [-0.05, 0) is 30.5 Å². The Morgan fingerprint density at radius 3 is 2.41 bits per heavy atom. The average Bonchev–Trinajstić information content (AvgIpc) is 3.16. The van der Waals surface area contributed by atoms with Crippen LogP contribution in [-0.2, 0) is 4.79 Å². The predicted octanol–water partition coefficient (Wildman–Crippen LogP) is 4.61. The normalized spacial score (nSPS) is 12.0. The SMILES string of the molecule is Cc1sc2ncn(NC(=O)C(NC(=O)c3ccccc3Cl)C(C)C)c(=O)c2c1-c1ccccc1. The third kappa shape index (κ3) is 4.60. The van der Waals surface area contributed by atoms with E-state index < -0.39 is 17.9 Å². The third-order valence-electron chi connectivity index (χ3n) is 5.44. The molecular formula is C25H23ClN4O3S. The molecule has 0 radical (unpaired) electrons. The fourth-order valence-corrected chi connectivity index (χ4v) is 4.95. The number of carbonyl (C=O) groups is 2. The molecule has 4 rings (SSSR count). The second kappa shape index (κ2) is 9.79. The first kappa shape index (κ1) is 23.7. The standard InChI is InChI=1S/C25H23ClN4O3S/c1-14(2)21(28-22(31)17-11-7-8-12-18(17)26)23(32)29-30-13-27-24-20(25(30)33)19(15(3)34-24)16-9-5-4-6-10-16/h4-14,21H,1-3H3,(H,28,31)(H,29,32). The van der Waals surface area contributed by atoms with Crippen molar-refractivity contribution in [1.29, 1.82) is 0 Å².